The molecular weight excluding hydrogens is 674 g/mol. The number of carbonyl (C=O) groups is 1. The highest BCUT2D eigenvalue weighted by molar-refractivity contribution is 6.32. The van der Waals surface area contributed by atoms with Crippen LogP contribution >= 0.6 is 11.6 Å². The van der Waals surface area contributed by atoms with Crippen LogP contribution in [-0.4, -0.2) is 104 Å². The second kappa shape index (κ2) is 13.7. The molecule has 3 N–H and O–H groups in total. The summed E-state index contributed by atoms with van der Waals surface area (Å²) in [5.41, 5.74) is 3.57. The van der Waals surface area contributed by atoms with Crippen molar-refractivity contribution in [3.63, 3.8) is 0 Å². The predicted octanol–water partition coefficient (Wildman–Crippen LogP) is 2.58. The minimum Gasteiger partial charge on any atom is -0.378 e. The van der Waals surface area contributed by atoms with E-state index in [9.17, 15) is 14.9 Å². The zero-order chi connectivity index (χ0) is 35.1. The second-order valence-electron chi connectivity index (χ2n) is 12.8. The molecule has 8 rings (SSSR count). The molecule has 51 heavy (non-hydrogen) atoms. The summed E-state index contributed by atoms with van der Waals surface area (Å²) < 4.78 is 13.0. The Morgan fingerprint density at radius 1 is 0.941 bits per heavy atom. The number of rotatable bonds is 8. The number of ether oxygens (including phenoxy) is 2. The van der Waals surface area contributed by atoms with Gasteiger partial charge in [0.15, 0.2) is 6.17 Å². The molecular formula is C35H36ClN11O4. The number of hydrogen-bond donors (Lipinski definition) is 3. The third-order valence-corrected chi connectivity index (χ3v) is 9.84. The molecule has 2 unspecified atom stereocenters. The summed E-state index contributed by atoms with van der Waals surface area (Å²) in [6, 6.07) is 15.4. The minimum atomic E-state index is -0.984. The average molecular weight is 710 g/mol. The Kier molecular flexibility index (Phi) is 8.80. The van der Waals surface area contributed by atoms with E-state index in [4.69, 9.17) is 36.0 Å². The van der Waals surface area contributed by atoms with Gasteiger partial charge in [-0.1, -0.05) is 23.7 Å². The van der Waals surface area contributed by atoms with Crippen molar-refractivity contribution in [1.29, 1.82) is 5.26 Å². The lowest BCUT2D eigenvalue weighted by atomic mass is 10.1. The summed E-state index contributed by atoms with van der Waals surface area (Å²) in [5.74, 6) is 2.45. The molecule has 0 radical (unpaired) electrons. The van der Waals surface area contributed by atoms with Crippen LogP contribution in [0.1, 0.15) is 29.2 Å². The van der Waals surface area contributed by atoms with E-state index in [1.54, 1.807) is 0 Å². The number of aromatic amines is 2. The van der Waals surface area contributed by atoms with E-state index in [0.29, 0.717) is 97.8 Å². The molecule has 0 aliphatic carbocycles. The highest BCUT2D eigenvalue weighted by Gasteiger charge is 2.39. The largest absolute Gasteiger partial charge is 0.378 e. The molecule has 3 aliphatic rings. The van der Waals surface area contributed by atoms with Crippen molar-refractivity contribution in [2.45, 2.75) is 32.1 Å². The normalized spacial score (nSPS) is 18.9. The number of anilines is 1. The molecule has 5 aromatic rings. The van der Waals surface area contributed by atoms with Gasteiger partial charge in [0, 0.05) is 49.8 Å². The van der Waals surface area contributed by atoms with Crippen LogP contribution in [0.4, 0.5) is 5.82 Å². The van der Waals surface area contributed by atoms with Crippen LogP contribution in [-0.2, 0) is 27.1 Å². The first-order valence-corrected chi connectivity index (χ1v) is 17.3. The summed E-state index contributed by atoms with van der Waals surface area (Å²) in [7, 11) is 0. The van der Waals surface area contributed by atoms with Crippen molar-refractivity contribution in [1.82, 2.24) is 44.6 Å². The van der Waals surface area contributed by atoms with Gasteiger partial charge in [-0.05, 0) is 36.8 Å². The Morgan fingerprint density at radius 3 is 2.45 bits per heavy atom. The summed E-state index contributed by atoms with van der Waals surface area (Å²) in [4.78, 5) is 53.1. The van der Waals surface area contributed by atoms with Gasteiger partial charge in [0.2, 0.25) is 5.91 Å². The minimum absolute atomic E-state index is 0.144. The molecule has 2 saturated heterocycles. The van der Waals surface area contributed by atoms with E-state index < -0.39 is 12.3 Å². The number of aryl methyl sites for hydroxylation is 1. The number of carbonyl (C=O) groups excluding carboxylic acids is 1. The molecule has 2 aromatic carbocycles. The molecule has 262 valence electrons. The van der Waals surface area contributed by atoms with Crippen LogP contribution in [0.25, 0.3) is 22.1 Å². The van der Waals surface area contributed by atoms with Gasteiger partial charge >= 0.3 is 0 Å². The Bertz CT molecular complexity index is 2200. The third kappa shape index (κ3) is 6.49. The van der Waals surface area contributed by atoms with Gasteiger partial charge in [0.1, 0.15) is 41.3 Å². The van der Waals surface area contributed by atoms with Crippen molar-refractivity contribution >= 4 is 45.4 Å². The van der Waals surface area contributed by atoms with Crippen LogP contribution in [0.15, 0.2) is 59.2 Å². The molecule has 0 saturated carbocycles. The predicted molar refractivity (Wildman–Crippen MR) is 189 cm³/mol. The molecule has 2 fully saturated rings. The lowest BCUT2D eigenvalue weighted by Gasteiger charge is -2.46. The first-order valence-electron chi connectivity index (χ1n) is 16.9. The molecule has 3 aliphatic heterocycles. The van der Waals surface area contributed by atoms with Crippen LogP contribution in [0.5, 0.6) is 0 Å². The van der Waals surface area contributed by atoms with Gasteiger partial charge < -0.3 is 39.5 Å². The highest BCUT2D eigenvalue weighted by Crippen LogP contribution is 2.33. The van der Waals surface area contributed by atoms with Crippen LogP contribution in [0.3, 0.4) is 0 Å². The maximum atomic E-state index is 13.4. The van der Waals surface area contributed by atoms with Crippen LogP contribution < -0.4 is 15.8 Å². The molecule has 6 heterocycles. The standard InChI is InChI=1S/C35H36ClN11O4/c1-21-14-24-25(15-22(21)36)39-27(38-24)16-31-43-33(49)19-34(45-8-12-51-13-9-45)47(31)35(20-37)46-26-5-3-2-4-23(26)40-30(46)17-28-41-29(18-32(48)42-28)44-6-10-50-11-7-44/h2-5,14-15,18-19,31,35H,6-13,16-17H2,1H3,(H,38,39)(H,43,49)(H,41,42,48). The van der Waals surface area contributed by atoms with Gasteiger partial charge in [-0.25, -0.2) is 15.0 Å². The number of aromatic nitrogens is 6. The lowest BCUT2D eigenvalue weighted by molar-refractivity contribution is -0.121. The van der Waals surface area contributed by atoms with Crippen molar-refractivity contribution in [2.75, 3.05) is 57.5 Å². The van der Waals surface area contributed by atoms with E-state index in [1.165, 1.54) is 12.1 Å². The molecule has 0 spiro atoms. The van der Waals surface area contributed by atoms with Crippen molar-refractivity contribution < 1.29 is 14.3 Å². The molecule has 1 amide bonds. The van der Waals surface area contributed by atoms with E-state index in [1.807, 2.05) is 57.7 Å². The van der Waals surface area contributed by atoms with Crippen molar-refractivity contribution in [2.24, 2.45) is 0 Å². The molecule has 16 heteroatoms. The van der Waals surface area contributed by atoms with Crippen molar-refractivity contribution in [3.05, 3.63) is 92.8 Å². The fourth-order valence-electron chi connectivity index (χ4n) is 7.01. The Hall–Kier alpha value is -5.43. The number of fused-ring (bicyclic) bond motifs is 2. The fourth-order valence-corrected chi connectivity index (χ4v) is 7.17. The maximum Gasteiger partial charge on any atom is 0.252 e. The number of morpholine rings is 2. The van der Waals surface area contributed by atoms with E-state index in [-0.39, 0.29) is 24.3 Å². The zero-order valence-electron chi connectivity index (χ0n) is 27.9. The van der Waals surface area contributed by atoms with Gasteiger partial charge in [0.25, 0.3) is 5.56 Å². The Labute approximate surface area is 297 Å². The Balaban J connectivity index is 1.23. The zero-order valence-corrected chi connectivity index (χ0v) is 28.7. The monoisotopic (exact) mass is 709 g/mol. The summed E-state index contributed by atoms with van der Waals surface area (Å²) in [6.45, 7) is 6.34. The van der Waals surface area contributed by atoms with Crippen molar-refractivity contribution in [3.8, 4) is 6.07 Å². The first-order chi connectivity index (χ1) is 24.8. The number of imidazole rings is 2. The molecule has 15 nitrogen and oxygen atoms in total. The van der Waals surface area contributed by atoms with Gasteiger partial charge in [-0.3, -0.25) is 14.2 Å². The fraction of sp³-hybridized carbons (Fsp3) is 0.371. The number of amides is 1. The third-order valence-electron chi connectivity index (χ3n) is 9.43. The molecule has 0 bridgehead atoms. The number of nitrogens with zero attached hydrogens (tertiary/aromatic N) is 8. The first kappa shape index (κ1) is 32.8. The SMILES string of the molecule is Cc1cc2[nH]c(CC3NC(=O)C=C(N4CCOCC4)N3C(C#N)n3c(Cc4nc(N5CCOCC5)cc(=O)[nH]4)nc4ccccc43)nc2cc1Cl. The number of nitrogens with one attached hydrogen (secondary N) is 3. The van der Waals surface area contributed by atoms with Gasteiger partial charge in [-0.2, -0.15) is 5.26 Å². The quantitative estimate of drug-likeness (QED) is 0.216. The summed E-state index contributed by atoms with van der Waals surface area (Å²) in [5, 5.41) is 14.9. The van der Waals surface area contributed by atoms with Gasteiger partial charge in [0.05, 0.1) is 54.9 Å². The number of nitriles is 1. The number of para-hydroxylation sites is 2. The number of hydrogen-bond acceptors (Lipinski definition) is 11. The molecule has 2 atom stereocenters. The maximum absolute atomic E-state index is 13.4. The van der Waals surface area contributed by atoms with Crippen LogP contribution in [0.2, 0.25) is 5.02 Å². The average Bonchev–Trinajstić information content (AvgIpc) is 3.69. The number of H-pyrrole nitrogens is 2. The summed E-state index contributed by atoms with van der Waals surface area (Å²) >= 11 is 6.41. The summed E-state index contributed by atoms with van der Waals surface area (Å²) in [6.07, 6.45) is 0.277. The topological polar surface area (TPSA) is 173 Å². The number of halogens is 1. The second-order valence-corrected chi connectivity index (χ2v) is 13.2. The van der Waals surface area contributed by atoms with Crippen LogP contribution in [0, 0.1) is 18.3 Å². The van der Waals surface area contributed by atoms with Gasteiger partial charge in [-0.15, -0.1) is 0 Å². The van der Waals surface area contributed by atoms with E-state index in [0.717, 1.165) is 16.6 Å². The van der Waals surface area contributed by atoms with E-state index >= 15 is 0 Å². The Morgan fingerprint density at radius 2 is 1.69 bits per heavy atom. The lowest BCUT2D eigenvalue weighted by Crippen LogP contribution is -2.58. The highest BCUT2D eigenvalue weighted by atomic mass is 35.5. The number of benzene rings is 2. The van der Waals surface area contributed by atoms with E-state index in [2.05, 4.69) is 26.3 Å². The smallest absolute Gasteiger partial charge is 0.252 e. The molecule has 3 aromatic heterocycles.